The Labute approximate surface area is 165 Å². The molecule has 1 aliphatic rings. The summed E-state index contributed by atoms with van der Waals surface area (Å²) in [6.45, 7) is 3.77. The molecular weight excluding hydrogens is 358 g/mol. The quantitative estimate of drug-likeness (QED) is 0.728. The van der Waals surface area contributed by atoms with E-state index in [9.17, 15) is 4.79 Å². The van der Waals surface area contributed by atoms with Gasteiger partial charge in [0.2, 0.25) is 5.91 Å². The number of morpholine rings is 1. The molecule has 150 valence electrons. The van der Waals surface area contributed by atoms with Crippen molar-refractivity contribution < 1.29 is 19.0 Å². The molecule has 28 heavy (non-hydrogen) atoms. The van der Waals surface area contributed by atoms with E-state index in [2.05, 4.69) is 21.6 Å². The van der Waals surface area contributed by atoms with Crippen LogP contribution < -0.4 is 25.0 Å². The lowest BCUT2D eigenvalue weighted by Gasteiger charge is -2.30. The summed E-state index contributed by atoms with van der Waals surface area (Å²) in [6, 6.07) is 13.5. The smallest absolute Gasteiger partial charge is 0.226 e. The summed E-state index contributed by atoms with van der Waals surface area (Å²) in [5.41, 5.74) is 2.85. The van der Waals surface area contributed by atoms with E-state index in [-0.39, 0.29) is 5.91 Å². The van der Waals surface area contributed by atoms with Gasteiger partial charge in [-0.3, -0.25) is 4.79 Å². The Hall–Kier alpha value is -2.93. The molecule has 0 aromatic heterocycles. The second-order valence-corrected chi connectivity index (χ2v) is 6.41. The van der Waals surface area contributed by atoms with Gasteiger partial charge in [0.25, 0.3) is 0 Å². The molecule has 1 fully saturated rings. The molecule has 2 aromatic carbocycles. The topological polar surface area (TPSA) is 72.1 Å². The molecule has 3 rings (SSSR count). The summed E-state index contributed by atoms with van der Waals surface area (Å²) in [4.78, 5) is 14.6. The zero-order chi connectivity index (χ0) is 19.8. The van der Waals surface area contributed by atoms with E-state index >= 15 is 0 Å². The maximum atomic E-state index is 12.3. The van der Waals surface area contributed by atoms with Gasteiger partial charge in [0.1, 0.15) is 0 Å². The highest BCUT2D eigenvalue weighted by Gasteiger charge is 2.14. The van der Waals surface area contributed by atoms with Crippen molar-refractivity contribution in [1.29, 1.82) is 0 Å². The number of nitrogens with one attached hydrogen (secondary N) is 2. The highest BCUT2D eigenvalue weighted by atomic mass is 16.5. The molecule has 0 saturated carbocycles. The van der Waals surface area contributed by atoms with Gasteiger partial charge in [-0.1, -0.05) is 12.1 Å². The minimum absolute atomic E-state index is 0.0661. The Bertz CT molecular complexity index is 791. The van der Waals surface area contributed by atoms with Gasteiger partial charge < -0.3 is 29.7 Å². The third-order valence-electron chi connectivity index (χ3n) is 4.59. The fourth-order valence-corrected chi connectivity index (χ4v) is 3.15. The lowest BCUT2D eigenvalue weighted by Crippen LogP contribution is -2.36. The van der Waals surface area contributed by atoms with Crippen LogP contribution in [0.25, 0.3) is 0 Å². The number of para-hydroxylation sites is 2. The van der Waals surface area contributed by atoms with Gasteiger partial charge in [-0.15, -0.1) is 0 Å². The highest BCUT2D eigenvalue weighted by Crippen LogP contribution is 2.30. The molecule has 1 amide bonds. The zero-order valence-electron chi connectivity index (χ0n) is 16.4. The largest absolute Gasteiger partial charge is 0.493 e. The highest BCUT2D eigenvalue weighted by molar-refractivity contribution is 5.91. The average Bonchev–Trinajstić information content (AvgIpc) is 2.74. The number of hydrogen-bond acceptors (Lipinski definition) is 6. The summed E-state index contributed by atoms with van der Waals surface area (Å²) >= 11 is 0. The maximum Gasteiger partial charge on any atom is 0.226 e. The van der Waals surface area contributed by atoms with E-state index in [4.69, 9.17) is 14.2 Å². The number of carbonyl (C=O) groups is 1. The molecule has 1 heterocycles. The van der Waals surface area contributed by atoms with Crippen LogP contribution in [0.3, 0.4) is 0 Å². The van der Waals surface area contributed by atoms with Crippen molar-refractivity contribution in [2.75, 3.05) is 62.6 Å². The second-order valence-electron chi connectivity index (χ2n) is 6.41. The standard InChI is InChI=1S/C21H27N3O4/c1-26-19-8-7-16(15-20(19)27-2)23-21(25)9-10-22-17-5-3-4-6-18(17)24-11-13-28-14-12-24/h3-8,15,22H,9-14H2,1-2H3,(H,23,25). The first kappa shape index (κ1) is 19.8. The number of amides is 1. The van der Waals surface area contributed by atoms with Crippen LogP contribution in [0.4, 0.5) is 17.1 Å². The molecule has 7 nitrogen and oxygen atoms in total. The summed E-state index contributed by atoms with van der Waals surface area (Å²) < 4.78 is 15.9. The first-order valence-corrected chi connectivity index (χ1v) is 9.38. The number of nitrogens with zero attached hydrogens (tertiary/aromatic N) is 1. The zero-order valence-corrected chi connectivity index (χ0v) is 16.4. The molecule has 1 aliphatic heterocycles. The normalized spacial score (nSPS) is 13.7. The van der Waals surface area contributed by atoms with E-state index < -0.39 is 0 Å². The Kier molecular flexibility index (Phi) is 6.97. The Morgan fingerprint density at radius 3 is 2.57 bits per heavy atom. The van der Waals surface area contributed by atoms with E-state index in [0.717, 1.165) is 37.7 Å². The molecular formula is C21H27N3O4. The number of ether oxygens (including phenoxy) is 3. The van der Waals surface area contributed by atoms with Crippen LogP contribution in [0.5, 0.6) is 11.5 Å². The van der Waals surface area contributed by atoms with Crippen molar-refractivity contribution in [1.82, 2.24) is 0 Å². The van der Waals surface area contributed by atoms with Gasteiger partial charge in [-0.05, 0) is 24.3 Å². The number of rotatable bonds is 8. The molecule has 2 aromatic rings. The van der Waals surface area contributed by atoms with Gasteiger partial charge in [0.15, 0.2) is 11.5 Å². The van der Waals surface area contributed by atoms with E-state index in [1.54, 1.807) is 32.4 Å². The predicted molar refractivity (Wildman–Crippen MR) is 111 cm³/mol. The van der Waals surface area contributed by atoms with Crippen molar-refractivity contribution in [2.45, 2.75) is 6.42 Å². The van der Waals surface area contributed by atoms with Gasteiger partial charge in [-0.2, -0.15) is 0 Å². The first-order chi connectivity index (χ1) is 13.7. The molecule has 0 unspecified atom stereocenters. The maximum absolute atomic E-state index is 12.3. The fraction of sp³-hybridized carbons (Fsp3) is 0.381. The Morgan fingerprint density at radius 1 is 1.07 bits per heavy atom. The van der Waals surface area contributed by atoms with E-state index in [1.165, 1.54) is 0 Å². The third-order valence-corrected chi connectivity index (χ3v) is 4.59. The summed E-state index contributed by atoms with van der Waals surface area (Å²) in [5, 5.41) is 6.27. The minimum Gasteiger partial charge on any atom is -0.493 e. The monoisotopic (exact) mass is 385 g/mol. The van der Waals surface area contributed by atoms with Crippen molar-refractivity contribution in [3.05, 3.63) is 42.5 Å². The lowest BCUT2D eigenvalue weighted by atomic mass is 10.2. The molecule has 0 radical (unpaired) electrons. The lowest BCUT2D eigenvalue weighted by molar-refractivity contribution is -0.115. The van der Waals surface area contributed by atoms with Crippen LogP contribution in [0.15, 0.2) is 42.5 Å². The van der Waals surface area contributed by atoms with Crippen LogP contribution in [-0.2, 0) is 9.53 Å². The number of hydrogen-bond donors (Lipinski definition) is 2. The molecule has 7 heteroatoms. The first-order valence-electron chi connectivity index (χ1n) is 9.38. The SMILES string of the molecule is COc1ccc(NC(=O)CCNc2ccccc2N2CCOCC2)cc1OC. The van der Waals surface area contributed by atoms with Crippen LogP contribution in [0.2, 0.25) is 0 Å². The second kappa shape index (κ2) is 9.85. The summed E-state index contributed by atoms with van der Waals surface area (Å²) in [5.74, 6) is 1.14. The predicted octanol–water partition coefficient (Wildman–Crippen LogP) is 2.98. The van der Waals surface area contributed by atoms with Crippen molar-refractivity contribution in [3.63, 3.8) is 0 Å². The molecule has 0 aliphatic carbocycles. The van der Waals surface area contributed by atoms with Gasteiger partial charge >= 0.3 is 0 Å². The van der Waals surface area contributed by atoms with Crippen LogP contribution >= 0.6 is 0 Å². The van der Waals surface area contributed by atoms with E-state index in [1.807, 2.05) is 18.2 Å². The van der Waals surface area contributed by atoms with Gasteiger partial charge in [0, 0.05) is 37.8 Å². The molecule has 1 saturated heterocycles. The van der Waals surface area contributed by atoms with E-state index in [0.29, 0.717) is 30.2 Å². The number of methoxy groups -OCH3 is 2. The third kappa shape index (κ3) is 5.07. The van der Waals surface area contributed by atoms with Crippen LogP contribution in [0.1, 0.15) is 6.42 Å². The van der Waals surface area contributed by atoms with Crippen molar-refractivity contribution in [2.24, 2.45) is 0 Å². The number of benzene rings is 2. The average molecular weight is 385 g/mol. The summed E-state index contributed by atoms with van der Waals surface area (Å²) in [7, 11) is 3.15. The molecule has 0 spiro atoms. The van der Waals surface area contributed by atoms with Crippen LogP contribution in [-0.4, -0.2) is 53.0 Å². The van der Waals surface area contributed by atoms with Crippen molar-refractivity contribution in [3.8, 4) is 11.5 Å². The van der Waals surface area contributed by atoms with Crippen LogP contribution in [0, 0.1) is 0 Å². The Balaban J connectivity index is 1.53. The molecule has 2 N–H and O–H groups in total. The Morgan fingerprint density at radius 2 is 1.82 bits per heavy atom. The van der Waals surface area contributed by atoms with Gasteiger partial charge in [0.05, 0.1) is 38.8 Å². The number of carbonyl (C=O) groups excluding carboxylic acids is 1. The minimum atomic E-state index is -0.0661. The van der Waals surface area contributed by atoms with Gasteiger partial charge in [-0.25, -0.2) is 0 Å². The molecule has 0 atom stereocenters. The molecule has 0 bridgehead atoms. The summed E-state index contributed by atoms with van der Waals surface area (Å²) in [6.07, 6.45) is 0.353. The fourth-order valence-electron chi connectivity index (χ4n) is 3.15. The van der Waals surface area contributed by atoms with Crippen molar-refractivity contribution >= 4 is 23.0 Å². The number of anilines is 3.